The molecule has 19 heavy (non-hydrogen) atoms. The Bertz CT molecular complexity index is 534. The topological polar surface area (TPSA) is 34.4 Å². The zero-order chi connectivity index (χ0) is 13.1. The van der Waals surface area contributed by atoms with Gasteiger partial charge in [0.25, 0.3) is 0 Å². The number of furan rings is 1. The summed E-state index contributed by atoms with van der Waals surface area (Å²) >= 11 is 0. The van der Waals surface area contributed by atoms with Gasteiger partial charge in [0.1, 0.15) is 11.5 Å². The summed E-state index contributed by atoms with van der Waals surface area (Å²) in [6.45, 7) is 3.66. The summed E-state index contributed by atoms with van der Waals surface area (Å²) < 4.78 is 11.3. The Hall–Kier alpha value is -1.74. The maximum absolute atomic E-state index is 5.88. The molecule has 3 nitrogen and oxygen atoms in total. The predicted molar refractivity (Wildman–Crippen MR) is 74.2 cm³/mol. The second kappa shape index (κ2) is 5.49. The van der Waals surface area contributed by atoms with Crippen molar-refractivity contribution in [1.29, 1.82) is 0 Å². The number of para-hydroxylation sites is 1. The van der Waals surface area contributed by atoms with Crippen LogP contribution in [0, 0.1) is 6.92 Å². The molecule has 2 heterocycles. The number of hydrogen-bond donors (Lipinski definition) is 1. The molecular formula is C16H19NO2. The van der Waals surface area contributed by atoms with E-state index in [0.29, 0.717) is 6.04 Å². The van der Waals surface area contributed by atoms with Crippen LogP contribution >= 0.6 is 0 Å². The maximum atomic E-state index is 5.88. The largest absolute Gasteiger partial charge is 0.493 e. The van der Waals surface area contributed by atoms with Crippen molar-refractivity contribution >= 4 is 0 Å². The van der Waals surface area contributed by atoms with Gasteiger partial charge in [-0.05, 0) is 37.5 Å². The summed E-state index contributed by atoms with van der Waals surface area (Å²) in [5.41, 5.74) is 2.48. The highest BCUT2D eigenvalue weighted by atomic mass is 16.5. The predicted octanol–water partition coefficient (Wildman–Crippen LogP) is 3.59. The number of fused-ring (bicyclic) bond motifs is 1. The monoisotopic (exact) mass is 257 g/mol. The quantitative estimate of drug-likeness (QED) is 0.912. The first-order chi connectivity index (χ1) is 9.34. The van der Waals surface area contributed by atoms with E-state index in [9.17, 15) is 0 Å². The van der Waals surface area contributed by atoms with E-state index < -0.39 is 0 Å². The third-order valence-corrected chi connectivity index (χ3v) is 3.60. The lowest BCUT2D eigenvalue weighted by atomic mass is 10.00. The number of hydrogen-bond acceptors (Lipinski definition) is 3. The van der Waals surface area contributed by atoms with Crippen molar-refractivity contribution in [2.75, 3.05) is 6.61 Å². The molecule has 2 aromatic rings. The van der Waals surface area contributed by atoms with E-state index >= 15 is 0 Å². The van der Waals surface area contributed by atoms with Gasteiger partial charge in [-0.1, -0.05) is 18.2 Å². The molecule has 0 radical (unpaired) electrons. The van der Waals surface area contributed by atoms with Crippen LogP contribution in [0.15, 0.2) is 41.0 Å². The van der Waals surface area contributed by atoms with E-state index in [1.54, 1.807) is 6.26 Å². The molecule has 1 atom stereocenters. The highest BCUT2D eigenvalue weighted by Gasteiger charge is 2.20. The van der Waals surface area contributed by atoms with Crippen LogP contribution in [0.25, 0.3) is 0 Å². The van der Waals surface area contributed by atoms with E-state index in [1.807, 2.05) is 12.1 Å². The smallest absolute Gasteiger partial charge is 0.126 e. The zero-order valence-corrected chi connectivity index (χ0v) is 11.2. The molecule has 0 spiro atoms. The van der Waals surface area contributed by atoms with Gasteiger partial charge in [0, 0.05) is 11.6 Å². The summed E-state index contributed by atoms with van der Waals surface area (Å²) in [6, 6.07) is 10.6. The Labute approximate surface area is 113 Å². The number of benzene rings is 1. The molecule has 1 aromatic heterocycles. The molecule has 100 valence electrons. The fraction of sp³-hybridized carbons (Fsp3) is 0.375. The van der Waals surface area contributed by atoms with Crippen LogP contribution in [0.2, 0.25) is 0 Å². The summed E-state index contributed by atoms with van der Waals surface area (Å²) in [7, 11) is 0. The molecule has 3 heteroatoms. The van der Waals surface area contributed by atoms with Gasteiger partial charge in [-0.15, -0.1) is 0 Å². The van der Waals surface area contributed by atoms with E-state index in [2.05, 4.69) is 30.4 Å². The second-order valence-corrected chi connectivity index (χ2v) is 5.00. The summed E-state index contributed by atoms with van der Waals surface area (Å²) in [4.78, 5) is 0. The van der Waals surface area contributed by atoms with Crippen LogP contribution < -0.4 is 10.1 Å². The van der Waals surface area contributed by atoms with Gasteiger partial charge >= 0.3 is 0 Å². The molecule has 1 aromatic carbocycles. The van der Waals surface area contributed by atoms with Gasteiger partial charge in [-0.3, -0.25) is 0 Å². The summed E-state index contributed by atoms with van der Waals surface area (Å²) in [5, 5.41) is 3.57. The molecule has 0 amide bonds. The van der Waals surface area contributed by atoms with Crippen LogP contribution in [-0.4, -0.2) is 6.61 Å². The van der Waals surface area contributed by atoms with Gasteiger partial charge in [0.15, 0.2) is 0 Å². The molecule has 1 unspecified atom stereocenters. The fourth-order valence-corrected chi connectivity index (χ4v) is 2.61. The third kappa shape index (κ3) is 2.66. The third-order valence-electron chi connectivity index (χ3n) is 3.60. The second-order valence-electron chi connectivity index (χ2n) is 5.00. The first-order valence-corrected chi connectivity index (χ1v) is 6.82. The highest BCUT2D eigenvalue weighted by molar-refractivity contribution is 5.43. The normalized spacial score (nSPS) is 18.5. The van der Waals surface area contributed by atoms with Gasteiger partial charge in [0.05, 0.1) is 19.4 Å². The Morgan fingerprint density at radius 3 is 3.05 bits per heavy atom. The zero-order valence-electron chi connectivity index (χ0n) is 11.2. The first-order valence-electron chi connectivity index (χ1n) is 6.82. The number of nitrogens with one attached hydrogen (secondary N) is 1. The van der Waals surface area contributed by atoms with Crippen LogP contribution in [0.1, 0.15) is 35.8 Å². The van der Waals surface area contributed by atoms with Crippen molar-refractivity contribution in [3.63, 3.8) is 0 Å². The van der Waals surface area contributed by atoms with Crippen molar-refractivity contribution in [3.8, 4) is 5.75 Å². The minimum Gasteiger partial charge on any atom is -0.493 e. The Balaban J connectivity index is 1.80. The minimum absolute atomic E-state index is 0.336. The molecule has 0 saturated carbocycles. The Morgan fingerprint density at radius 2 is 2.21 bits per heavy atom. The first kappa shape index (κ1) is 12.3. The van der Waals surface area contributed by atoms with Crippen molar-refractivity contribution in [1.82, 2.24) is 5.32 Å². The van der Waals surface area contributed by atoms with Crippen molar-refractivity contribution < 1.29 is 9.15 Å². The lowest BCUT2D eigenvalue weighted by Gasteiger charge is -2.18. The van der Waals surface area contributed by atoms with Gasteiger partial charge in [-0.25, -0.2) is 0 Å². The molecule has 1 N–H and O–H groups in total. The molecule has 0 fully saturated rings. The Morgan fingerprint density at radius 1 is 1.26 bits per heavy atom. The van der Waals surface area contributed by atoms with Crippen molar-refractivity contribution in [2.45, 2.75) is 32.4 Å². The van der Waals surface area contributed by atoms with E-state index in [0.717, 1.165) is 37.5 Å². The van der Waals surface area contributed by atoms with Crippen molar-refractivity contribution in [3.05, 3.63) is 53.5 Å². The van der Waals surface area contributed by atoms with Gasteiger partial charge < -0.3 is 14.5 Å². The van der Waals surface area contributed by atoms with E-state index in [4.69, 9.17) is 9.15 Å². The molecular weight excluding hydrogens is 238 g/mol. The molecule has 0 saturated heterocycles. The molecule has 0 bridgehead atoms. The van der Waals surface area contributed by atoms with Crippen LogP contribution in [0.5, 0.6) is 5.75 Å². The minimum atomic E-state index is 0.336. The van der Waals surface area contributed by atoms with Crippen LogP contribution in [0.4, 0.5) is 0 Å². The summed E-state index contributed by atoms with van der Waals surface area (Å²) in [6.07, 6.45) is 3.88. The average molecular weight is 257 g/mol. The van der Waals surface area contributed by atoms with E-state index in [1.165, 1.54) is 11.1 Å². The van der Waals surface area contributed by atoms with Crippen molar-refractivity contribution in [2.24, 2.45) is 0 Å². The van der Waals surface area contributed by atoms with E-state index in [-0.39, 0.29) is 0 Å². The van der Waals surface area contributed by atoms with Crippen LogP contribution in [-0.2, 0) is 6.54 Å². The molecule has 1 aliphatic heterocycles. The van der Waals surface area contributed by atoms with Gasteiger partial charge in [0.2, 0.25) is 0 Å². The lowest BCUT2D eigenvalue weighted by molar-refractivity contribution is 0.313. The van der Waals surface area contributed by atoms with Crippen LogP contribution in [0.3, 0.4) is 0 Å². The average Bonchev–Trinajstić information content (AvgIpc) is 2.84. The molecule has 3 rings (SSSR count). The van der Waals surface area contributed by atoms with Gasteiger partial charge in [-0.2, -0.15) is 0 Å². The lowest BCUT2D eigenvalue weighted by Crippen LogP contribution is -2.20. The summed E-state index contributed by atoms with van der Waals surface area (Å²) in [5.74, 6) is 2.02. The number of rotatable bonds is 3. The molecule has 0 aliphatic carbocycles. The number of aryl methyl sites for hydroxylation is 1. The fourth-order valence-electron chi connectivity index (χ4n) is 2.61. The Kier molecular flexibility index (Phi) is 3.56. The maximum Gasteiger partial charge on any atom is 0.126 e. The molecule has 1 aliphatic rings. The SMILES string of the molecule is Cc1cccc2c1OCCCC2NCc1ccco1. The highest BCUT2D eigenvalue weighted by Crippen LogP contribution is 2.34. The standard InChI is InChI=1S/C16H19NO2/c1-12-5-2-7-14-15(8-4-10-19-16(12)14)17-11-13-6-3-9-18-13/h2-3,5-7,9,15,17H,4,8,10-11H2,1H3. The number of ether oxygens (including phenoxy) is 1.